The number of benzene rings is 2. The minimum Gasteiger partial charge on any atom is -0.505 e. The average molecular weight is 485 g/mol. The molecule has 0 unspecified atom stereocenters. The molecule has 1 fully saturated rings. The molecule has 0 atom stereocenters. The lowest BCUT2D eigenvalue weighted by Gasteiger charge is -2.34. The molecule has 2 heterocycles. The van der Waals surface area contributed by atoms with Gasteiger partial charge in [-0.05, 0) is 42.0 Å². The van der Waals surface area contributed by atoms with Crippen molar-refractivity contribution in [3.05, 3.63) is 70.5 Å². The molecule has 3 aromatic rings. The number of aromatic nitrogens is 2. The summed E-state index contributed by atoms with van der Waals surface area (Å²) in [6.07, 6.45) is 1.47. The van der Waals surface area contributed by atoms with Crippen molar-refractivity contribution in [1.29, 1.82) is 0 Å². The molecule has 1 aliphatic rings. The maximum absolute atomic E-state index is 13.5. The first-order chi connectivity index (χ1) is 14.8. The summed E-state index contributed by atoms with van der Waals surface area (Å²) in [4.78, 5) is 6.15. The third-order valence-corrected chi connectivity index (χ3v) is 7.82. The number of imidazole rings is 1. The van der Waals surface area contributed by atoms with E-state index in [9.17, 15) is 17.9 Å². The Labute approximate surface area is 189 Å². The standard InChI is InChI=1S/C20H19Cl2FN4O3S/c21-19-20(22)27(13-24-19)15-2-4-16(5-3-15)31(29,30)26-9-7-25(8-10-26)12-14-1-6-18(28)17(23)11-14/h1-6,11,13,28H,7-10,12H2. The van der Waals surface area contributed by atoms with E-state index < -0.39 is 15.8 Å². The summed E-state index contributed by atoms with van der Waals surface area (Å²) in [5.74, 6) is -1.05. The van der Waals surface area contributed by atoms with E-state index in [1.807, 2.05) is 4.90 Å². The number of aromatic hydroxyl groups is 1. The summed E-state index contributed by atoms with van der Waals surface area (Å²) in [6.45, 7) is 2.17. The Morgan fingerprint density at radius 3 is 2.29 bits per heavy atom. The van der Waals surface area contributed by atoms with Crippen LogP contribution in [0.15, 0.2) is 53.7 Å². The molecule has 2 aromatic carbocycles. The van der Waals surface area contributed by atoms with E-state index >= 15 is 0 Å². The van der Waals surface area contributed by atoms with Crippen LogP contribution in [0.25, 0.3) is 5.69 Å². The molecule has 0 radical (unpaired) electrons. The lowest BCUT2D eigenvalue weighted by molar-refractivity contribution is 0.181. The van der Waals surface area contributed by atoms with E-state index in [0.717, 1.165) is 5.56 Å². The van der Waals surface area contributed by atoms with Crippen LogP contribution in [0.3, 0.4) is 0 Å². The van der Waals surface area contributed by atoms with Gasteiger partial charge in [-0.3, -0.25) is 9.47 Å². The molecular weight excluding hydrogens is 466 g/mol. The lowest BCUT2D eigenvalue weighted by Crippen LogP contribution is -2.48. The highest BCUT2D eigenvalue weighted by molar-refractivity contribution is 7.89. The van der Waals surface area contributed by atoms with Crippen molar-refractivity contribution in [3.63, 3.8) is 0 Å². The van der Waals surface area contributed by atoms with Gasteiger partial charge in [0.05, 0.1) is 4.90 Å². The number of halogens is 3. The molecule has 164 valence electrons. The van der Waals surface area contributed by atoms with Gasteiger partial charge in [-0.15, -0.1) is 0 Å². The van der Waals surface area contributed by atoms with Gasteiger partial charge >= 0.3 is 0 Å². The molecular formula is C20H19Cl2FN4O3S. The highest BCUT2D eigenvalue weighted by Crippen LogP contribution is 2.26. The Balaban J connectivity index is 1.41. The van der Waals surface area contributed by atoms with Crippen molar-refractivity contribution in [2.24, 2.45) is 0 Å². The highest BCUT2D eigenvalue weighted by atomic mass is 35.5. The minimum absolute atomic E-state index is 0.172. The summed E-state index contributed by atoms with van der Waals surface area (Å²) in [5.41, 5.74) is 1.37. The van der Waals surface area contributed by atoms with E-state index in [2.05, 4.69) is 4.98 Å². The average Bonchev–Trinajstić information content (AvgIpc) is 3.10. The third-order valence-electron chi connectivity index (χ3n) is 5.17. The number of phenols is 1. The molecule has 11 heteroatoms. The third kappa shape index (κ3) is 4.56. The Morgan fingerprint density at radius 1 is 1.03 bits per heavy atom. The highest BCUT2D eigenvalue weighted by Gasteiger charge is 2.28. The number of piperazine rings is 1. The molecule has 31 heavy (non-hydrogen) atoms. The maximum Gasteiger partial charge on any atom is 0.243 e. The van der Waals surface area contributed by atoms with Crippen molar-refractivity contribution >= 4 is 33.2 Å². The number of hydrogen-bond donors (Lipinski definition) is 1. The van der Waals surface area contributed by atoms with Gasteiger partial charge in [0.1, 0.15) is 6.33 Å². The fourth-order valence-electron chi connectivity index (χ4n) is 3.45. The molecule has 1 aliphatic heterocycles. The SMILES string of the molecule is O=S(=O)(c1ccc(-n2cnc(Cl)c2Cl)cc1)N1CCN(Cc2ccc(O)c(F)c2)CC1. The molecule has 4 rings (SSSR count). The molecule has 1 N–H and O–H groups in total. The quantitative estimate of drug-likeness (QED) is 0.599. The summed E-state index contributed by atoms with van der Waals surface area (Å²) >= 11 is 11.9. The van der Waals surface area contributed by atoms with Gasteiger partial charge in [0.25, 0.3) is 0 Å². The first kappa shape index (κ1) is 22.0. The van der Waals surface area contributed by atoms with Gasteiger partial charge in [0, 0.05) is 38.4 Å². The molecule has 0 aliphatic carbocycles. The van der Waals surface area contributed by atoms with Gasteiger partial charge in [-0.2, -0.15) is 4.31 Å². The van der Waals surface area contributed by atoms with Crippen molar-refractivity contribution < 1.29 is 17.9 Å². The topological polar surface area (TPSA) is 78.7 Å². The van der Waals surface area contributed by atoms with Crippen LogP contribution >= 0.6 is 23.2 Å². The van der Waals surface area contributed by atoms with Crippen LogP contribution in [0.4, 0.5) is 4.39 Å². The van der Waals surface area contributed by atoms with Crippen LogP contribution < -0.4 is 0 Å². The van der Waals surface area contributed by atoms with Crippen LogP contribution in [0, 0.1) is 5.82 Å². The zero-order valence-corrected chi connectivity index (χ0v) is 18.6. The predicted molar refractivity (Wildman–Crippen MR) is 116 cm³/mol. The summed E-state index contributed by atoms with van der Waals surface area (Å²) < 4.78 is 42.6. The van der Waals surface area contributed by atoms with Crippen LogP contribution in [-0.4, -0.2) is 58.5 Å². The van der Waals surface area contributed by atoms with Crippen LogP contribution in [0.2, 0.25) is 10.3 Å². The summed E-state index contributed by atoms with van der Waals surface area (Å²) in [5, 5.41) is 9.72. The zero-order valence-electron chi connectivity index (χ0n) is 16.2. The first-order valence-electron chi connectivity index (χ1n) is 9.44. The number of sulfonamides is 1. The van der Waals surface area contributed by atoms with Crippen molar-refractivity contribution in [2.45, 2.75) is 11.4 Å². The first-order valence-corrected chi connectivity index (χ1v) is 11.6. The second kappa shape index (κ2) is 8.76. The summed E-state index contributed by atoms with van der Waals surface area (Å²) in [7, 11) is -3.64. The Bertz CT molecular complexity index is 1190. The lowest BCUT2D eigenvalue weighted by atomic mass is 10.2. The Hall–Kier alpha value is -2.17. The van der Waals surface area contributed by atoms with Gasteiger partial charge in [-0.1, -0.05) is 29.3 Å². The number of phenolic OH excluding ortho intramolecular Hbond substituents is 1. The molecule has 7 nitrogen and oxygen atoms in total. The van der Waals surface area contributed by atoms with E-state index in [-0.39, 0.29) is 21.0 Å². The van der Waals surface area contributed by atoms with Gasteiger partial charge < -0.3 is 5.11 Å². The Morgan fingerprint density at radius 2 is 1.71 bits per heavy atom. The van der Waals surface area contributed by atoms with Crippen molar-refractivity contribution in [1.82, 2.24) is 18.8 Å². The van der Waals surface area contributed by atoms with Crippen molar-refractivity contribution in [3.8, 4) is 11.4 Å². The van der Waals surface area contributed by atoms with Crippen molar-refractivity contribution in [2.75, 3.05) is 26.2 Å². The molecule has 0 spiro atoms. The van der Waals surface area contributed by atoms with E-state index in [4.69, 9.17) is 23.2 Å². The van der Waals surface area contributed by atoms with E-state index in [1.54, 1.807) is 22.8 Å². The largest absolute Gasteiger partial charge is 0.505 e. The fraction of sp³-hybridized carbons (Fsp3) is 0.250. The van der Waals surface area contributed by atoms with Crippen LogP contribution in [-0.2, 0) is 16.6 Å². The number of nitrogens with zero attached hydrogens (tertiary/aromatic N) is 4. The molecule has 1 saturated heterocycles. The second-order valence-electron chi connectivity index (χ2n) is 7.16. The van der Waals surface area contributed by atoms with Crippen LogP contribution in [0.1, 0.15) is 5.56 Å². The monoisotopic (exact) mass is 484 g/mol. The van der Waals surface area contributed by atoms with Gasteiger partial charge in [0.15, 0.2) is 21.9 Å². The van der Waals surface area contributed by atoms with Gasteiger partial charge in [-0.25, -0.2) is 17.8 Å². The maximum atomic E-state index is 13.5. The second-order valence-corrected chi connectivity index (χ2v) is 9.81. The molecule has 1 aromatic heterocycles. The minimum atomic E-state index is -3.64. The van der Waals surface area contributed by atoms with E-state index in [1.165, 1.54) is 34.9 Å². The Kier molecular flexibility index (Phi) is 6.23. The molecule has 0 amide bonds. The normalized spacial score (nSPS) is 16.0. The van der Waals surface area contributed by atoms with E-state index in [0.29, 0.717) is 38.4 Å². The summed E-state index contributed by atoms with van der Waals surface area (Å²) in [6, 6.07) is 10.6. The fourth-order valence-corrected chi connectivity index (χ4v) is 5.20. The molecule has 0 bridgehead atoms. The van der Waals surface area contributed by atoms with Gasteiger partial charge in [0.2, 0.25) is 10.0 Å². The smallest absolute Gasteiger partial charge is 0.243 e. The molecule has 0 saturated carbocycles. The zero-order chi connectivity index (χ0) is 22.2. The van der Waals surface area contributed by atoms with Crippen LogP contribution in [0.5, 0.6) is 5.75 Å². The number of rotatable bonds is 5. The predicted octanol–water partition coefficient (Wildman–Crippen LogP) is 3.53. The number of hydrogen-bond acceptors (Lipinski definition) is 5.